The number of carbonyl (C=O) groups is 2. The predicted octanol–water partition coefficient (Wildman–Crippen LogP) is 3.51. The van der Waals surface area contributed by atoms with E-state index in [1.807, 2.05) is 26.8 Å². The average molecular weight is 289 g/mol. The molecule has 112 valence electrons. The highest BCUT2D eigenvalue weighted by Gasteiger charge is 2.49. The predicted molar refractivity (Wildman–Crippen MR) is 76.2 cm³/mol. The number of fused-ring (bicyclic) bond motifs is 5. The molecular formula is C16H19NO4. The molecule has 0 radical (unpaired) electrons. The summed E-state index contributed by atoms with van der Waals surface area (Å²) in [6, 6.07) is 5.04. The molecule has 2 heterocycles. The molecule has 2 atom stereocenters. The fourth-order valence-electron chi connectivity index (χ4n) is 3.40. The minimum Gasteiger partial charge on any atom is -0.478 e. The van der Waals surface area contributed by atoms with E-state index in [4.69, 9.17) is 4.74 Å². The van der Waals surface area contributed by atoms with E-state index in [9.17, 15) is 14.7 Å². The van der Waals surface area contributed by atoms with Crippen molar-refractivity contribution in [2.75, 3.05) is 0 Å². The SMILES string of the molecule is CC(C)(C)OC(=O)N1C2CCC1c1c(C(=O)O)cccc12. The number of carboxylic acids is 1. The fourth-order valence-corrected chi connectivity index (χ4v) is 3.40. The van der Waals surface area contributed by atoms with Crippen molar-refractivity contribution >= 4 is 12.1 Å². The summed E-state index contributed by atoms with van der Waals surface area (Å²) in [5.41, 5.74) is 1.48. The number of aromatic carboxylic acids is 1. The van der Waals surface area contributed by atoms with Crippen molar-refractivity contribution in [3.05, 3.63) is 34.9 Å². The molecule has 0 aromatic heterocycles. The lowest BCUT2D eigenvalue weighted by atomic mass is 9.88. The second-order valence-electron chi connectivity index (χ2n) is 6.61. The molecular weight excluding hydrogens is 270 g/mol. The maximum atomic E-state index is 12.4. The summed E-state index contributed by atoms with van der Waals surface area (Å²) in [7, 11) is 0. The van der Waals surface area contributed by atoms with Gasteiger partial charge < -0.3 is 9.84 Å². The van der Waals surface area contributed by atoms with E-state index in [1.54, 1.807) is 17.0 Å². The van der Waals surface area contributed by atoms with Gasteiger partial charge in [-0.05, 0) is 50.8 Å². The number of carbonyl (C=O) groups excluding carboxylic acids is 1. The van der Waals surface area contributed by atoms with Gasteiger partial charge in [0.05, 0.1) is 17.6 Å². The van der Waals surface area contributed by atoms with Gasteiger partial charge in [0, 0.05) is 0 Å². The second kappa shape index (κ2) is 4.48. The standard InChI is InChI=1S/C16H19NO4/c1-16(2,3)21-15(20)17-11-7-8-12(17)13-9(11)5-4-6-10(13)14(18)19/h4-6,11-12H,7-8H2,1-3H3,(H,18,19). The van der Waals surface area contributed by atoms with Crippen LogP contribution in [0.1, 0.15) is 67.2 Å². The first-order valence-corrected chi connectivity index (χ1v) is 7.17. The number of hydrogen-bond acceptors (Lipinski definition) is 3. The zero-order chi connectivity index (χ0) is 15.4. The van der Waals surface area contributed by atoms with Gasteiger partial charge in [-0.2, -0.15) is 0 Å². The third-order valence-electron chi connectivity index (χ3n) is 4.05. The second-order valence-corrected chi connectivity index (χ2v) is 6.61. The van der Waals surface area contributed by atoms with Crippen molar-refractivity contribution in [3.63, 3.8) is 0 Å². The first-order chi connectivity index (χ1) is 9.79. The first kappa shape index (κ1) is 13.9. The Hall–Kier alpha value is -2.04. The van der Waals surface area contributed by atoms with Crippen molar-refractivity contribution in [2.24, 2.45) is 0 Å². The largest absolute Gasteiger partial charge is 0.478 e. The Labute approximate surface area is 123 Å². The summed E-state index contributed by atoms with van der Waals surface area (Å²) in [4.78, 5) is 25.5. The Morgan fingerprint density at radius 3 is 2.52 bits per heavy atom. The van der Waals surface area contributed by atoms with E-state index < -0.39 is 11.6 Å². The molecule has 5 heteroatoms. The van der Waals surface area contributed by atoms with Crippen LogP contribution in [0.15, 0.2) is 18.2 Å². The van der Waals surface area contributed by atoms with E-state index in [1.165, 1.54) is 0 Å². The molecule has 5 nitrogen and oxygen atoms in total. The minimum atomic E-state index is -0.941. The molecule has 1 N–H and O–H groups in total. The Morgan fingerprint density at radius 2 is 1.90 bits per heavy atom. The van der Waals surface area contributed by atoms with Gasteiger partial charge in [-0.25, -0.2) is 9.59 Å². The number of rotatable bonds is 1. The van der Waals surface area contributed by atoms with Crippen LogP contribution in [0.5, 0.6) is 0 Å². The molecule has 3 rings (SSSR count). The summed E-state index contributed by atoms with van der Waals surface area (Å²) in [5.74, 6) is -0.941. The molecule has 0 aliphatic carbocycles. The third kappa shape index (κ3) is 2.17. The molecule has 1 saturated heterocycles. The van der Waals surface area contributed by atoms with Gasteiger partial charge in [-0.1, -0.05) is 12.1 Å². The van der Waals surface area contributed by atoms with Gasteiger partial charge in [0.1, 0.15) is 5.60 Å². The van der Waals surface area contributed by atoms with Crippen LogP contribution >= 0.6 is 0 Å². The number of nitrogens with zero attached hydrogens (tertiary/aromatic N) is 1. The van der Waals surface area contributed by atoms with E-state index in [0.29, 0.717) is 5.56 Å². The summed E-state index contributed by atoms with van der Waals surface area (Å²) in [6.45, 7) is 5.50. The van der Waals surface area contributed by atoms with E-state index in [0.717, 1.165) is 24.0 Å². The van der Waals surface area contributed by atoms with Crippen molar-refractivity contribution < 1.29 is 19.4 Å². The Kier molecular flexibility index (Phi) is 2.97. The van der Waals surface area contributed by atoms with E-state index >= 15 is 0 Å². The Morgan fingerprint density at radius 1 is 1.24 bits per heavy atom. The molecule has 0 saturated carbocycles. The lowest BCUT2D eigenvalue weighted by Gasteiger charge is -2.27. The monoisotopic (exact) mass is 289 g/mol. The molecule has 2 bridgehead atoms. The van der Waals surface area contributed by atoms with Crippen LogP contribution in [0.25, 0.3) is 0 Å². The fraction of sp³-hybridized carbons (Fsp3) is 0.500. The quantitative estimate of drug-likeness (QED) is 0.859. The molecule has 21 heavy (non-hydrogen) atoms. The normalized spacial score (nSPS) is 23.1. The minimum absolute atomic E-state index is 0.0563. The average Bonchev–Trinajstić information content (AvgIpc) is 2.92. The third-order valence-corrected chi connectivity index (χ3v) is 4.05. The Bertz CT molecular complexity index is 617. The van der Waals surface area contributed by atoms with Gasteiger partial charge in [-0.15, -0.1) is 0 Å². The maximum absolute atomic E-state index is 12.4. The topological polar surface area (TPSA) is 66.8 Å². The molecule has 2 aliphatic heterocycles. The molecule has 2 unspecified atom stereocenters. The molecule has 1 fully saturated rings. The van der Waals surface area contributed by atoms with Gasteiger partial charge in [0.25, 0.3) is 0 Å². The number of benzene rings is 1. The first-order valence-electron chi connectivity index (χ1n) is 7.17. The zero-order valence-corrected chi connectivity index (χ0v) is 12.4. The molecule has 1 amide bonds. The number of hydrogen-bond donors (Lipinski definition) is 1. The van der Waals surface area contributed by atoms with Crippen LogP contribution in [0.4, 0.5) is 4.79 Å². The van der Waals surface area contributed by atoms with E-state index in [2.05, 4.69) is 0 Å². The highest BCUT2D eigenvalue weighted by Crippen LogP contribution is 2.54. The maximum Gasteiger partial charge on any atom is 0.411 e. The lowest BCUT2D eigenvalue weighted by Crippen LogP contribution is -2.34. The Balaban J connectivity index is 1.98. The number of ether oxygens (including phenoxy) is 1. The van der Waals surface area contributed by atoms with Crippen molar-refractivity contribution in [3.8, 4) is 0 Å². The lowest BCUT2D eigenvalue weighted by molar-refractivity contribution is 0.0176. The number of amides is 1. The van der Waals surface area contributed by atoms with E-state index in [-0.39, 0.29) is 18.2 Å². The summed E-state index contributed by atoms with van der Waals surface area (Å²) in [6.07, 6.45) is 1.30. The zero-order valence-electron chi connectivity index (χ0n) is 12.4. The van der Waals surface area contributed by atoms with Crippen LogP contribution in [0, 0.1) is 0 Å². The highest BCUT2D eigenvalue weighted by atomic mass is 16.6. The summed E-state index contributed by atoms with van der Waals surface area (Å²) < 4.78 is 5.47. The van der Waals surface area contributed by atoms with Gasteiger partial charge in [-0.3, -0.25) is 4.90 Å². The van der Waals surface area contributed by atoms with Crippen LogP contribution in [-0.2, 0) is 4.74 Å². The molecule has 2 aliphatic rings. The van der Waals surface area contributed by atoms with Crippen LogP contribution in [0.3, 0.4) is 0 Å². The van der Waals surface area contributed by atoms with Crippen molar-refractivity contribution in [1.29, 1.82) is 0 Å². The summed E-state index contributed by atoms with van der Waals surface area (Å²) in [5, 5.41) is 9.35. The smallest absolute Gasteiger partial charge is 0.411 e. The molecule has 0 spiro atoms. The number of carboxylic acid groups (broad SMARTS) is 1. The van der Waals surface area contributed by atoms with Crippen molar-refractivity contribution in [1.82, 2.24) is 4.90 Å². The van der Waals surface area contributed by atoms with Crippen LogP contribution in [-0.4, -0.2) is 27.7 Å². The van der Waals surface area contributed by atoms with Gasteiger partial charge in [0.15, 0.2) is 0 Å². The molecule has 1 aromatic carbocycles. The molecule has 1 aromatic rings. The van der Waals surface area contributed by atoms with Gasteiger partial charge >= 0.3 is 12.1 Å². The van der Waals surface area contributed by atoms with Gasteiger partial charge in [0.2, 0.25) is 0 Å². The highest BCUT2D eigenvalue weighted by molar-refractivity contribution is 5.91. The summed E-state index contributed by atoms with van der Waals surface area (Å²) >= 11 is 0. The van der Waals surface area contributed by atoms with Crippen LogP contribution < -0.4 is 0 Å². The van der Waals surface area contributed by atoms with Crippen molar-refractivity contribution in [2.45, 2.75) is 51.3 Å². The van der Waals surface area contributed by atoms with Crippen LogP contribution in [0.2, 0.25) is 0 Å².